The second-order valence-corrected chi connectivity index (χ2v) is 10.4. The van der Waals surface area contributed by atoms with Crippen LogP contribution in [0.2, 0.25) is 0 Å². The van der Waals surface area contributed by atoms with E-state index in [1.54, 1.807) is 10.6 Å². The van der Waals surface area contributed by atoms with E-state index in [1.807, 2.05) is 25.7 Å². The van der Waals surface area contributed by atoms with Crippen molar-refractivity contribution in [2.24, 2.45) is 4.99 Å². The Balaban J connectivity index is 1.54. The number of anilines is 1. The molecule has 0 aliphatic carbocycles. The zero-order valence-corrected chi connectivity index (χ0v) is 21.9. The number of nitrogens with zero attached hydrogens (tertiary/aromatic N) is 6. The smallest absolute Gasteiger partial charge is 0.283 e. The molecule has 0 fully saturated rings. The summed E-state index contributed by atoms with van der Waals surface area (Å²) in [7, 11) is 0. The molecule has 4 aromatic rings. The number of aromatic nitrogens is 3. The van der Waals surface area contributed by atoms with E-state index in [4.69, 9.17) is 4.99 Å². The molecule has 0 saturated carbocycles. The average Bonchev–Trinajstić information content (AvgIpc) is 3.43. The zero-order chi connectivity index (χ0) is 28.3. The number of rotatable bonds is 5. The molecular weight excluding hydrogens is 524 g/mol. The monoisotopic (exact) mass is 548 g/mol. The number of halogens is 4. The Bertz CT molecular complexity index is 1710. The summed E-state index contributed by atoms with van der Waals surface area (Å²) in [5.41, 5.74) is 0.895. The number of benzene rings is 2. The van der Waals surface area contributed by atoms with Crippen LogP contribution in [-0.2, 0) is 6.54 Å². The third-order valence-electron chi connectivity index (χ3n) is 6.98. The third-order valence-corrected chi connectivity index (χ3v) is 6.98. The van der Waals surface area contributed by atoms with Gasteiger partial charge >= 0.3 is 0 Å². The van der Waals surface area contributed by atoms with Gasteiger partial charge in [0.25, 0.3) is 5.91 Å². The highest BCUT2D eigenvalue weighted by Crippen LogP contribution is 2.39. The minimum absolute atomic E-state index is 0.0252. The highest BCUT2D eigenvalue weighted by atomic mass is 19.2. The van der Waals surface area contributed by atoms with Gasteiger partial charge in [-0.05, 0) is 56.2 Å². The van der Waals surface area contributed by atoms with Crippen LogP contribution in [0, 0.1) is 23.4 Å². The van der Waals surface area contributed by atoms with Gasteiger partial charge in [0.1, 0.15) is 17.5 Å². The first-order valence-electron chi connectivity index (χ1n) is 12.7. The molecule has 0 N–H and O–H groups in total. The summed E-state index contributed by atoms with van der Waals surface area (Å²) < 4.78 is 58.7. The fourth-order valence-corrected chi connectivity index (χ4v) is 5.21. The van der Waals surface area contributed by atoms with Crippen LogP contribution in [0.5, 0.6) is 0 Å². The Morgan fingerprint density at radius 2 is 1.73 bits per heavy atom. The summed E-state index contributed by atoms with van der Waals surface area (Å²) in [4.78, 5) is 30.0. The number of hydrogen-bond donors (Lipinski definition) is 0. The van der Waals surface area contributed by atoms with Gasteiger partial charge in [-0.25, -0.2) is 28.1 Å². The standard InChI is InChI=1S/C29H24F4N6O/c1-4-37-27(40)24-26(39-15-29(2,3)36-28(37)39)38(14-16-5-8-20(30)22(32)11-16)25(35-24)18-6-7-19(21(31)12-18)17-9-10-34-23(33)13-17/h5-13H,4,14-15H2,1-3H3. The molecule has 2 aliphatic heterocycles. The van der Waals surface area contributed by atoms with Crippen LogP contribution in [0.15, 0.2) is 59.7 Å². The summed E-state index contributed by atoms with van der Waals surface area (Å²) in [6.07, 6.45) is 1.25. The average molecular weight is 549 g/mol. The molecule has 11 heteroatoms. The van der Waals surface area contributed by atoms with Crippen molar-refractivity contribution in [1.29, 1.82) is 0 Å². The molecule has 1 amide bonds. The number of guanidine groups is 1. The number of carbonyl (C=O) groups is 1. The third kappa shape index (κ3) is 4.21. The van der Waals surface area contributed by atoms with Gasteiger partial charge in [-0.3, -0.25) is 14.6 Å². The van der Waals surface area contributed by atoms with Crippen LogP contribution in [0.3, 0.4) is 0 Å². The van der Waals surface area contributed by atoms with Gasteiger partial charge in [0.2, 0.25) is 11.9 Å². The van der Waals surface area contributed by atoms with Crippen molar-refractivity contribution in [2.45, 2.75) is 32.9 Å². The van der Waals surface area contributed by atoms with E-state index in [9.17, 15) is 18.0 Å². The molecule has 0 spiro atoms. The molecule has 0 radical (unpaired) electrons. The maximum Gasteiger partial charge on any atom is 0.283 e. The van der Waals surface area contributed by atoms with Crippen molar-refractivity contribution in [2.75, 3.05) is 18.0 Å². The van der Waals surface area contributed by atoms with Gasteiger partial charge < -0.3 is 4.57 Å². The number of aliphatic imine (C=N–C) groups is 1. The first kappa shape index (κ1) is 25.7. The summed E-state index contributed by atoms with van der Waals surface area (Å²) in [6, 6.07) is 10.6. The van der Waals surface area contributed by atoms with Gasteiger partial charge in [0, 0.05) is 29.9 Å². The minimum atomic E-state index is -1.01. The zero-order valence-electron chi connectivity index (χ0n) is 21.9. The predicted octanol–water partition coefficient (Wildman–Crippen LogP) is 5.65. The summed E-state index contributed by atoms with van der Waals surface area (Å²) in [5.74, 6) is -2.53. The SMILES string of the molecule is CCN1C(=O)c2nc(-c3ccc(-c4ccnc(F)c4)c(F)c3)n(Cc3ccc(F)c(F)c3)c2N2CC(C)(C)N=C12. The first-order chi connectivity index (χ1) is 19.1. The quantitative estimate of drug-likeness (QED) is 0.239. The molecule has 40 heavy (non-hydrogen) atoms. The lowest BCUT2D eigenvalue weighted by molar-refractivity contribution is 0.0841. The lowest BCUT2D eigenvalue weighted by Crippen LogP contribution is -2.51. The lowest BCUT2D eigenvalue weighted by Gasteiger charge is -2.34. The van der Waals surface area contributed by atoms with E-state index in [-0.39, 0.29) is 29.5 Å². The first-order valence-corrected chi connectivity index (χ1v) is 12.7. The molecule has 204 valence electrons. The van der Waals surface area contributed by atoms with Crippen LogP contribution in [-0.4, -0.2) is 49.9 Å². The van der Waals surface area contributed by atoms with E-state index in [0.29, 0.717) is 41.6 Å². The largest absolute Gasteiger partial charge is 0.305 e. The van der Waals surface area contributed by atoms with E-state index in [1.165, 1.54) is 35.4 Å². The Morgan fingerprint density at radius 1 is 0.925 bits per heavy atom. The molecule has 6 rings (SSSR count). The van der Waals surface area contributed by atoms with Crippen LogP contribution < -0.4 is 4.90 Å². The maximum absolute atomic E-state index is 15.4. The molecule has 7 nitrogen and oxygen atoms in total. The Morgan fingerprint density at radius 3 is 2.42 bits per heavy atom. The van der Waals surface area contributed by atoms with E-state index in [0.717, 1.165) is 18.2 Å². The van der Waals surface area contributed by atoms with Crippen LogP contribution in [0.1, 0.15) is 36.8 Å². The van der Waals surface area contributed by atoms with Crippen molar-refractivity contribution >= 4 is 17.7 Å². The maximum atomic E-state index is 15.4. The molecule has 0 unspecified atom stereocenters. The van der Waals surface area contributed by atoms with Crippen molar-refractivity contribution < 1.29 is 22.4 Å². The van der Waals surface area contributed by atoms with Crippen molar-refractivity contribution in [3.63, 3.8) is 0 Å². The summed E-state index contributed by atoms with van der Waals surface area (Å²) >= 11 is 0. The normalized spacial score (nSPS) is 15.8. The number of imidazole rings is 1. The van der Waals surface area contributed by atoms with Gasteiger partial charge in [0.05, 0.1) is 18.6 Å². The van der Waals surface area contributed by atoms with E-state index >= 15 is 4.39 Å². The highest BCUT2D eigenvalue weighted by Gasteiger charge is 2.45. The summed E-state index contributed by atoms with van der Waals surface area (Å²) in [6.45, 7) is 6.57. The molecule has 2 aromatic carbocycles. The predicted molar refractivity (Wildman–Crippen MR) is 142 cm³/mol. The Kier molecular flexibility index (Phi) is 5.97. The second-order valence-electron chi connectivity index (χ2n) is 10.4. The molecule has 0 atom stereocenters. The number of carbonyl (C=O) groups excluding carboxylic acids is 1. The molecule has 0 bridgehead atoms. The fraction of sp³-hybridized carbons (Fsp3) is 0.241. The van der Waals surface area contributed by atoms with Gasteiger partial charge in [0.15, 0.2) is 17.3 Å². The fourth-order valence-electron chi connectivity index (χ4n) is 5.21. The summed E-state index contributed by atoms with van der Waals surface area (Å²) in [5, 5.41) is 0. The molecule has 2 aliphatic rings. The lowest BCUT2D eigenvalue weighted by atomic mass is 10.0. The van der Waals surface area contributed by atoms with Crippen LogP contribution >= 0.6 is 0 Å². The number of amides is 1. The van der Waals surface area contributed by atoms with Crippen molar-refractivity contribution in [3.05, 3.63) is 89.4 Å². The van der Waals surface area contributed by atoms with E-state index in [2.05, 4.69) is 9.97 Å². The van der Waals surface area contributed by atoms with Gasteiger partial charge in [-0.2, -0.15) is 4.39 Å². The molecule has 0 saturated heterocycles. The number of fused-ring (bicyclic) bond motifs is 3. The highest BCUT2D eigenvalue weighted by molar-refractivity contribution is 6.18. The van der Waals surface area contributed by atoms with Gasteiger partial charge in [-0.15, -0.1) is 0 Å². The van der Waals surface area contributed by atoms with Crippen molar-refractivity contribution in [3.8, 4) is 22.5 Å². The van der Waals surface area contributed by atoms with E-state index < -0.39 is 28.9 Å². The number of hydrogen-bond acceptors (Lipinski definition) is 5. The Labute approximate surface area is 227 Å². The minimum Gasteiger partial charge on any atom is -0.305 e. The molecule has 2 aromatic heterocycles. The van der Waals surface area contributed by atoms with Crippen LogP contribution in [0.4, 0.5) is 23.4 Å². The van der Waals surface area contributed by atoms with Crippen LogP contribution in [0.25, 0.3) is 22.5 Å². The second kappa shape index (κ2) is 9.29. The molecular formula is C29H24F4N6O. The van der Waals surface area contributed by atoms with Gasteiger partial charge in [-0.1, -0.05) is 18.2 Å². The van der Waals surface area contributed by atoms with Crippen molar-refractivity contribution in [1.82, 2.24) is 19.4 Å². The Hall–Kier alpha value is -4.54. The molecule has 4 heterocycles. The number of pyridine rings is 1. The topological polar surface area (TPSA) is 66.6 Å².